The molecule has 0 spiro atoms. The Morgan fingerprint density at radius 2 is 1.50 bits per heavy atom. The molecule has 1 aliphatic heterocycles. The number of benzene rings is 4. The van der Waals surface area contributed by atoms with Gasteiger partial charge >= 0.3 is 0 Å². The largest absolute Gasteiger partial charge is 0.371 e. The summed E-state index contributed by atoms with van der Waals surface area (Å²) in [7, 11) is 0. The van der Waals surface area contributed by atoms with Crippen molar-refractivity contribution in [2.75, 3.05) is 0 Å². The molecule has 1 N–H and O–H groups in total. The number of aliphatic hydroxyl groups excluding tert-OH is 1. The van der Waals surface area contributed by atoms with Crippen LogP contribution in [0.3, 0.4) is 0 Å². The Labute approximate surface area is 126 Å². The van der Waals surface area contributed by atoms with E-state index in [1.165, 1.54) is 49.0 Å². The van der Waals surface area contributed by atoms with Gasteiger partial charge in [0.05, 0.1) is 28.8 Å². The number of epoxide rings is 1. The molecule has 0 amide bonds. The van der Waals surface area contributed by atoms with Crippen molar-refractivity contribution in [3.63, 3.8) is 0 Å². The summed E-state index contributed by atoms with van der Waals surface area (Å²) in [5, 5.41) is 18.2. The summed E-state index contributed by atoms with van der Waals surface area (Å²) < 4.78 is 5.82. The van der Waals surface area contributed by atoms with Gasteiger partial charge in [-0.3, -0.25) is 0 Å². The van der Waals surface area contributed by atoms with Gasteiger partial charge < -0.3 is 9.84 Å². The number of aliphatic hydroxyl groups is 1. The van der Waals surface area contributed by atoms with Crippen LogP contribution < -0.4 is 0 Å². The molecule has 3 atom stereocenters. The highest BCUT2D eigenvalue weighted by atomic mass is 16.6. The standard InChI is InChI=1S/C20H11O2/c21-14-7-10-5-8-2-4-12-18-13(20-19(12)22-20)6-9-1-3-11(14)15(10)16(9)17(8)18/h1-7,14,19-21H/q+1/t14-,19-,20+/m1/s1. The maximum absolute atomic E-state index is 10.3. The topological polar surface area (TPSA) is 32.8 Å². The Balaban J connectivity index is 1.87. The Bertz CT molecular complexity index is 1140. The Hall–Kier alpha value is -2.29. The van der Waals surface area contributed by atoms with Crippen molar-refractivity contribution < 1.29 is 9.84 Å². The average Bonchev–Trinajstić information content (AvgIpc) is 3.17. The molecule has 102 valence electrons. The highest BCUT2D eigenvalue weighted by Gasteiger charge is 2.50. The van der Waals surface area contributed by atoms with E-state index in [-0.39, 0.29) is 12.2 Å². The van der Waals surface area contributed by atoms with Crippen LogP contribution in [0.25, 0.3) is 32.3 Å². The Morgan fingerprint density at radius 3 is 2.41 bits per heavy atom. The first-order chi connectivity index (χ1) is 10.8. The van der Waals surface area contributed by atoms with E-state index in [1.807, 2.05) is 6.42 Å². The molecule has 4 aromatic carbocycles. The third kappa shape index (κ3) is 0.910. The smallest absolute Gasteiger partial charge is 0.156 e. The van der Waals surface area contributed by atoms with Crippen LogP contribution in [0, 0.1) is 6.42 Å². The minimum atomic E-state index is -0.476. The lowest BCUT2D eigenvalue weighted by Crippen LogP contribution is -1.92. The summed E-state index contributed by atoms with van der Waals surface area (Å²) in [6.07, 6.45) is 2.04. The molecule has 0 radical (unpaired) electrons. The second-order valence-electron chi connectivity index (χ2n) is 6.78. The first-order valence-corrected chi connectivity index (χ1v) is 7.78. The van der Waals surface area contributed by atoms with Gasteiger partial charge in [0.1, 0.15) is 17.8 Å². The zero-order chi connectivity index (χ0) is 14.2. The summed E-state index contributed by atoms with van der Waals surface area (Å²) in [5.41, 5.74) is 4.91. The SMILES string of the molecule is O[C@@H]1[CH+]c2cc3ccc4c5c(cc6ccc1c2c6c35)[C@@H]1O[C@H]41. The van der Waals surface area contributed by atoms with Crippen LogP contribution >= 0.6 is 0 Å². The molecule has 0 saturated carbocycles. The lowest BCUT2D eigenvalue weighted by molar-refractivity contribution is 0.221. The molecule has 0 aromatic heterocycles. The van der Waals surface area contributed by atoms with E-state index in [1.54, 1.807) is 0 Å². The van der Waals surface area contributed by atoms with E-state index in [4.69, 9.17) is 4.74 Å². The summed E-state index contributed by atoms with van der Waals surface area (Å²) in [4.78, 5) is 0. The molecule has 0 unspecified atom stereocenters. The van der Waals surface area contributed by atoms with Crippen molar-refractivity contribution in [2.24, 2.45) is 0 Å². The monoisotopic (exact) mass is 283 g/mol. The zero-order valence-corrected chi connectivity index (χ0v) is 11.6. The Kier molecular flexibility index (Phi) is 1.39. The summed E-state index contributed by atoms with van der Waals surface area (Å²) in [6, 6.07) is 13.2. The predicted molar refractivity (Wildman–Crippen MR) is 85.1 cm³/mol. The van der Waals surface area contributed by atoms with Gasteiger partial charge in [-0.15, -0.1) is 0 Å². The number of hydrogen-bond donors (Lipinski definition) is 1. The normalized spacial score (nSPS) is 27.0. The molecule has 1 saturated heterocycles. The molecular formula is C20H11O2+. The Morgan fingerprint density at radius 1 is 0.773 bits per heavy atom. The van der Waals surface area contributed by atoms with Crippen LogP contribution in [0.5, 0.6) is 0 Å². The molecule has 2 nitrogen and oxygen atoms in total. The minimum absolute atomic E-state index is 0.269. The van der Waals surface area contributed by atoms with Crippen molar-refractivity contribution in [3.05, 3.63) is 65.1 Å². The van der Waals surface area contributed by atoms with Crippen molar-refractivity contribution in [1.29, 1.82) is 0 Å². The van der Waals surface area contributed by atoms with Crippen LogP contribution in [0.15, 0.2) is 36.4 Å². The number of ether oxygens (including phenoxy) is 1. The van der Waals surface area contributed by atoms with Gasteiger partial charge in [-0.1, -0.05) is 12.1 Å². The van der Waals surface area contributed by atoms with Crippen molar-refractivity contribution in [1.82, 2.24) is 0 Å². The number of hydrogen-bond acceptors (Lipinski definition) is 2. The number of rotatable bonds is 0. The molecule has 22 heavy (non-hydrogen) atoms. The fraction of sp³-hybridized carbons (Fsp3) is 0.150. The molecule has 2 heteroatoms. The van der Waals surface area contributed by atoms with Crippen molar-refractivity contribution >= 4 is 32.3 Å². The van der Waals surface area contributed by atoms with Crippen LogP contribution in [-0.2, 0) is 4.74 Å². The van der Waals surface area contributed by atoms with E-state index in [2.05, 4.69) is 36.4 Å². The van der Waals surface area contributed by atoms with Crippen molar-refractivity contribution in [3.8, 4) is 0 Å². The second-order valence-corrected chi connectivity index (χ2v) is 6.78. The molecule has 2 aliphatic carbocycles. The minimum Gasteiger partial charge on any atom is -0.371 e. The molecule has 7 rings (SSSR count). The van der Waals surface area contributed by atoms with Gasteiger partial charge in [-0.25, -0.2) is 0 Å². The van der Waals surface area contributed by atoms with Crippen LogP contribution in [0.1, 0.15) is 40.6 Å². The number of fused-ring (bicyclic) bond motifs is 3. The van der Waals surface area contributed by atoms with E-state index in [0.29, 0.717) is 0 Å². The summed E-state index contributed by atoms with van der Waals surface area (Å²) >= 11 is 0. The second kappa shape index (κ2) is 2.94. The third-order valence-electron chi connectivity index (χ3n) is 5.75. The first kappa shape index (κ1) is 10.4. The molecule has 4 aromatic rings. The maximum atomic E-state index is 10.3. The fourth-order valence-electron chi connectivity index (χ4n) is 4.84. The molecular weight excluding hydrogens is 272 g/mol. The van der Waals surface area contributed by atoms with Gasteiger partial charge in [-0.2, -0.15) is 0 Å². The van der Waals surface area contributed by atoms with E-state index >= 15 is 0 Å². The first-order valence-electron chi connectivity index (χ1n) is 7.78. The molecule has 1 heterocycles. The van der Waals surface area contributed by atoms with E-state index in [9.17, 15) is 5.11 Å². The lowest BCUT2D eigenvalue weighted by atomic mass is 9.89. The van der Waals surface area contributed by atoms with Gasteiger partial charge in [-0.05, 0) is 40.1 Å². The third-order valence-corrected chi connectivity index (χ3v) is 5.75. The van der Waals surface area contributed by atoms with Gasteiger partial charge in [0.25, 0.3) is 0 Å². The van der Waals surface area contributed by atoms with Gasteiger partial charge in [0.15, 0.2) is 6.10 Å². The van der Waals surface area contributed by atoms with Crippen LogP contribution in [-0.4, -0.2) is 5.11 Å². The highest BCUT2D eigenvalue weighted by molar-refractivity contribution is 6.27. The fourth-order valence-corrected chi connectivity index (χ4v) is 4.84. The highest BCUT2D eigenvalue weighted by Crippen LogP contribution is 2.62. The van der Waals surface area contributed by atoms with Crippen LogP contribution in [0.2, 0.25) is 0 Å². The molecule has 3 aliphatic rings. The molecule has 0 bridgehead atoms. The van der Waals surface area contributed by atoms with Crippen LogP contribution in [0.4, 0.5) is 0 Å². The van der Waals surface area contributed by atoms with E-state index in [0.717, 1.165) is 5.56 Å². The zero-order valence-electron chi connectivity index (χ0n) is 11.6. The van der Waals surface area contributed by atoms with Gasteiger partial charge in [0.2, 0.25) is 0 Å². The summed E-state index contributed by atoms with van der Waals surface area (Å²) in [6.45, 7) is 0. The average molecular weight is 283 g/mol. The van der Waals surface area contributed by atoms with E-state index < -0.39 is 6.10 Å². The summed E-state index contributed by atoms with van der Waals surface area (Å²) in [5.74, 6) is 0. The molecule has 1 fully saturated rings. The quantitative estimate of drug-likeness (QED) is 0.296. The maximum Gasteiger partial charge on any atom is 0.156 e. The predicted octanol–water partition coefficient (Wildman–Crippen LogP) is 4.31. The lowest BCUT2D eigenvalue weighted by Gasteiger charge is -2.12. The van der Waals surface area contributed by atoms with Crippen molar-refractivity contribution in [2.45, 2.75) is 18.3 Å². The van der Waals surface area contributed by atoms with Gasteiger partial charge in [0, 0.05) is 10.8 Å².